The Morgan fingerprint density at radius 3 is 2.53 bits per heavy atom. The number of aromatic nitrogens is 2. The highest BCUT2D eigenvalue weighted by Gasteiger charge is 2.27. The van der Waals surface area contributed by atoms with E-state index >= 15 is 0 Å². The minimum absolute atomic E-state index is 0.129. The van der Waals surface area contributed by atoms with Crippen LogP contribution in [0.5, 0.6) is 5.75 Å². The molecule has 164 valence electrons. The van der Waals surface area contributed by atoms with Crippen molar-refractivity contribution in [1.29, 1.82) is 0 Å². The number of aryl methyl sites for hydroxylation is 1. The van der Waals surface area contributed by atoms with Gasteiger partial charge >= 0.3 is 6.09 Å². The van der Waals surface area contributed by atoms with Crippen LogP contribution in [0.25, 0.3) is 0 Å². The lowest BCUT2D eigenvalue weighted by molar-refractivity contribution is 0.128. The lowest BCUT2D eigenvalue weighted by Crippen LogP contribution is -2.36. The Morgan fingerprint density at radius 1 is 1.20 bits per heavy atom. The first kappa shape index (κ1) is 22.1. The Labute approximate surface area is 176 Å². The summed E-state index contributed by atoms with van der Waals surface area (Å²) in [6.45, 7) is 1.54. The lowest BCUT2D eigenvalue weighted by atomic mass is 9.97. The van der Waals surface area contributed by atoms with E-state index in [0.29, 0.717) is 50.0 Å². The van der Waals surface area contributed by atoms with E-state index in [1.807, 2.05) is 0 Å². The van der Waals surface area contributed by atoms with Crippen molar-refractivity contribution < 1.29 is 27.6 Å². The van der Waals surface area contributed by atoms with Crippen molar-refractivity contribution >= 4 is 15.9 Å². The molecule has 1 aromatic heterocycles. The standard InChI is InChI=1S/C20H27N3O6S/c1-30(26,27)17-8-6-16(7-9-17)28-14-4-2-3-5-18-21-19(29-22-18)15-10-12-23(13-11-15)20(24)25/h6-9,15H,2-5,10-14H2,1H3,(H,24,25). The van der Waals surface area contributed by atoms with Gasteiger partial charge in [-0.05, 0) is 56.4 Å². The first-order valence-corrected chi connectivity index (χ1v) is 12.0. The maximum atomic E-state index is 11.4. The Morgan fingerprint density at radius 2 is 1.90 bits per heavy atom. The third-order valence-electron chi connectivity index (χ3n) is 5.16. The van der Waals surface area contributed by atoms with Gasteiger partial charge in [0.2, 0.25) is 5.89 Å². The third-order valence-corrected chi connectivity index (χ3v) is 6.29. The summed E-state index contributed by atoms with van der Waals surface area (Å²) >= 11 is 0. The van der Waals surface area contributed by atoms with Crippen molar-refractivity contribution in [2.75, 3.05) is 26.0 Å². The fourth-order valence-electron chi connectivity index (χ4n) is 3.39. The average Bonchev–Trinajstić information content (AvgIpc) is 3.19. The highest BCUT2D eigenvalue weighted by Crippen LogP contribution is 2.27. The maximum Gasteiger partial charge on any atom is 0.407 e. The van der Waals surface area contributed by atoms with Crippen molar-refractivity contribution in [3.8, 4) is 5.75 Å². The molecule has 9 nitrogen and oxygen atoms in total. The van der Waals surface area contributed by atoms with E-state index < -0.39 is 15.9 Å². The Kier molecular flexibility index (Phi) is 7.30. The molecule has 0 bridgehead atoms. The number of nitrogens with zero attached hydrogens (tertiary/aromatic N) is 3. The van der Waals surface area contributed by atoms with Gasteiger partial charge in [-0.2, -0.15) is 4.98 Å². The molecule has 0 unspecified atom stereocenters. The number of hydrogen-bond acceptors (Lipinski definition) is 7. The normalized spacial score (nSPS) is 15.3. The zero-order valence-corrected chi connectivity index (χ0v) is 17.8. The van der Waals surface area contributed by atoms with Crippen LogP contribution in [0.2, 0.25) is 0 Å². The van der Waals surface area contributed by atoms with Gasteiger partial charge in [-0.25, -0.2) is 13.2 Å². The van der Waals surface area contributed by atoms with Gasteiger partial charge in [-0.15, -0.1) is 0 Å². The summed E-state index contributed by atoms with van der Waals surface area (Å²) in [7, 11) is -3.19. The summed E-state index contributed by atoms with van der Waals surface area (Å²) in [5, 5.41) is 13.0. The summed E-state index contributed by atoms with van der Waals surface area (Å²) in [4.78, 5) is 17.1. The SMILES string of the molecule is CS(=O)(=O)c1ccc(OCCCCCc2noc(C3CCN(C(=O)O)CC3)n2)cc1. The number of carbonyl (C=O) groups is 1. The highest BCUT2D eigenvalue weighted by atomic mass is 32.2. The molecule has 2 heterocycles. The maximum absolute atomic E-state index is 11.4. The molecular weight excluding hydrogens is 410 g/mol. The van der Waals surface area contributed by atoms with E-state index in [1.54, 1.807) is 24.3 Å². The molecule has 0 atom stereocenters. The lowest BCUT2D eigenvalue weighted by Gasteiger charge is -2.27. The molecular formula is C20H27N3O6S. The molecule has 2 aromatic rings. The number of sulfone groups is 1. The molecule has 0 aliphatic carbocycles. The molecule has 0 saturated carbocycles. The van der Waals surface area contributed by atoms with Crippen molar-refractivity contribution in [1.82, 2.24) is 15.0 Å². The van der Waals surface area contributed by atoms with E-state index in [2.05, 4.69) is 10.1 Å². The first-order valence-electron chi connectivity index (χ1n) is 10.1. The smallest absolute Gasteiger partial charge is 0.407 e. The molecule has 1 N–H and O–H groups in total. The molecule has 1 aliphatic rings. The minimum Gasteiger partial charge on any atom is -0.494 e. The predicted octanol–water partition coefficient (Wildman–Crippen LogP) is 3.12. The van der Waals surface area contributed by atoms with Crippen LogP contribution < -0.4 is 4.74 Å². The predicted molar refractivity (Wildman–Crippen MR) is 108 cm³/mol. The number of ether oxygens (including phenoxy) is 1. The summed E-state index contributed by atoms with van der Waals surface area (Å²) in [6.07, 6.45) is 5.15. The largest absolute Gasteiger partial charge is 0.494 e. The molecule has 1 saturated heterocycles. The van der Waals surface area contributed by atoms with E-state index in [1.165, 1.54) is 11.2 Å². The quantitative estimate of drug-likeness (QED) is 0.594. The Hall–Kier alpha value is -2.62. The number of benzene rings is 1. The van der Waals surface area contributed by atoms with E-state index in [4.69, 9.17) is 14.4 Å². The number of likely N-dealkylation sites (tertiary alicyclic amines) is 1. The summed E-state index contributed by atoms with van der Waals surface area (Å²) in [6, 6.07) is 6.42. The summed E-state index contributed by atoms with van der Waals surface area (Å²) < 4.78 is 33.9. The molecule has 0 spiro atoms. The molecule has 10 heteroatoms. The van der Waals surface area contributed by atoms with Crippen LogP contribution in [0.3, 0.4) is 0 Å². The van der Waals surface area contributed by atoms with Crippen LogP contribution >= 0.6 is 0 Å². The molecule has 1 amide bonds. The van der Waals surface area contributed by atoms with Crippen LogP contribution in [0.15, 0.2) is 33.7 Å². The fraction of sp³-hybridized carbons (Fsp3) is 0.550. The van der Waals surface area contributed by atoms with Crippen LogP contribution in [0.4, 0.5) is 4.79 Å². The van der Waals surface area contributed by atoms with Crippen molar-refractivity contribution in [2.45, 2.75) is 49.3 Å². The van der Waals surface area contributed by atoms with Gasteiger partial charge in [0.05, 0.1) is 11.5 Å². The molecule has 1 aromatic carbocycles. The fourth-order valence-corrected chi connectivity index (χ4v) is 4.02. The molecule has 0 radical (unpaired) electrons. The first-order chi connectivity index (χ1) is 14.3. The average molecular weight is 438 g/mol. The zero-order chi connectivity index (χ0) is 21.6. The molecule has 1 aliphatic heterocycles. The third kappa shape index (κ3) is 6.19. The number of carboxylic acid groups (broad SMARTS) is 1. The van der Waals surface area contributed by atoms with Gasteiger partial charge in [-0.3, -0.25) is 0 Å². The number of unbranched alkanes of at least 4 members (excludes halogenated alkanes) is 2. The summed E-state index contributed by atoms with van der Waals surface area (Å²) in [5.41, 5.74) is 0. The van der Waals surface area contributed by atoms with Gasteiger partial charge < -0.3 is 19.3 Å². The van der Waals surface area contributed by atoms with Gasteiger partial charge in [0.1, 0.15) is 5.75 Å². The second-order valence-electron chi connectivity index (χ2n) is 7.50. The minimum atomic E-state index is -3.19. The highest BCUT2D eigenvalue weighted by molar-refractivity contribution is 7.90. The Bertz CT molecular complexity index is 934. The van der Waals surface area contributed by atoms with Crippen LogP contribution in [-0.2, 0) is 16.3 Å². The topological polar surface area (TPSA) is 123 Å². The van der Waals surface area contributed by atoms with Crippen LogP contribution in [0.1, 0.15) is 49.7 Å². The monoisotopic (exact) mass is 437 g/mol. The van der Waals surface area contributed by atoms with Crippen molar-refractivity contribution in [3.63, 3.8) is 0 Å². The van der Waals surface area contributed by atoms with Gasteiger partial charge in [0, 0.05) is 31.7 Å². The van der Waals surface area contributed by atoms with Crippen LogP contribution in [0, 0.1) is 0 Å². The second-order valence-corrected chi connectivity index (χ2v) is 9.51. The van der Waals surface area contributed by atoms with Gasteiger partial charge in [-0.1, -0.05) is 5.16 Å². The zero-order valence-electron chi connectivity index (χ0n) is 17.0. The van der Waals surface area contributed by atoms with E-state index in [0.717, 1.165) is 25.7 Å². The van der Waals surface area contributed by atoms with Gasteiger partial charge in [0.25, 0.3) is 0 Å². The number of amides is 1. The van der Waals surface area contributed by atoms with E-state index in [-0.39, 0.29) is 10.8 Å². The van der Waals surface area contributed by atoms with Gasteiger partial charge in [0.15, 0.2) is 15.7 Å². The number of hydrogen-bond donors (Lipinski definition) is 1. The van der Waals surface area contributed by atoms with E-state index in [9.17, 15) is 13.2 Å². The molecule has 30 heavy (non-hydrogen) atoms. The number of piperidine rings is 1. The summed E-state index contributed by atoms with van der Waals surface area (Å²) in [5.74, 6) is 2.07. The second kappa shape index (κ2) is 9.92. The Balaban J connectivity index is 1.32. The van der Waals surface area contributed by atoms with Crippen molar-refractivity contribution in [2.24, 2.45) is 0 Å². The number of rotatable bonds is 9. The molecule has 1 fully saturated rings. The van der Waals surface area contributed by atoms with Crippen molar-refractivity contribution in [3.05, 3.63) is 36.0 Å². The molecule has 3 rings (SSSR count). The van der Waals surface area contributed by atoms with Crippen LogP contribution in [-0.4, -0.2) is 60.6 Å².